The largest absolute Gasteiger partial charge is 0.497 e. The van der Waals surface area contributed by atoms with Crippen LogP contribution in [0.1, 0.15) is 32.3 Å². The zero-order chi connectivity index (χ0) is 14.1. The molecule has 1 rings (SSSR count). The highest BCUT2D eigenvalue weighted by molar-refractivity contribution is 5.27. The second-order valence-corrected chi connectivity index (χ2v) is 4.73. The summed E-state index contributed by atoms with van der Waals surface area (Å²) in [6.07, 6.45) is 3.48. The molecule has 0 heterocycles. The molecular formula is C16H27NO2. The molecule has 0 amide bonds. The van der Waals surface area contributed by atoms with Gasteiger partial charge in [0.05, 0.1) is 13.2 Å². The number of hydrogen-bond acceptors (Lipinski definition) is 3. The van der Waals surface area contributed by atoms with Crippen LogP contribution in [0.5, 0.6) is 5.75 Å². The summed E-state index contributed by atoms with van der Waals surface area (Å²) in [6.45, 7) is 5.29. The minimum atomic E-state index is 0.290. The SMILES string of the molecule is CCNC(CCc1ccc(OC)cc1)C(CC)OC. The lowest BCUT2D eigenvalue weighted by atomic mass is 9.99. The molecule has 0 fully saturated rings. The Labute approximate surface area is 117 Å². The summed E-state index contributed by atoms with van der Waals surface area (Å²) in [5.74, 6) is 0.912. The second kappa shape index (κ2) is 8.94. The minimum Gasteiger partial charge on any atom is -0.497 e. The number of hydrogen-bond donors (Lipinski definition) is 1. The normalized spacial score (nSPS) is 14.1. The number of aryl methyl sites for hydroxylation is 1. The Hall–Kier alpha value is -1.06. The van der Waals surface area contributed by atoms with Crippen molar-refractivity contribution in [2.24, 2.45) is 0 Å². The van der Waals surface area contributed by atoms with Crippen LogP contribution in [0.15, 0.2) is 24.3 Å². The fourth-order valence-electron chi connectivity index (χ4n) is 2.41. The van der Waals surface area contributed by atoms with E-state index >= 15 is 0 Å². The highest BCUT2D eigenvalue weighted by atomic mass is 16.5. The molecule has 0 saturated carbocycles. The van der Waals surface area contributed by atoms with Crippen molar-refractivity contribution in [1.82, 2.24) is 5.32 Å². The molecule has 0 aromatic heterocycles. The molecule has 0 bridgehead atoms. The van der Waals surface area contributed by atoms with Crippen LogP contribution in [-0.4, -0.2) is 32.9 Å². The van der Waals surface area contributed by atoms with E-state index in [1.165, 1.54) is 5.56 Å². The van der Waals surface area contributed by atoms with Crippen molar-refractivity contribution in [1.29, 1.82) is 0 Å². The van der Waals surface area contributed by atoms with E-state index in [1.807, 2.05) is 12.1 Å². The van der Waals surface area contributed by atoms with E-state index in [4.69, 9.17) is 9.47 Å². The Morgan fingerprint density at radius 1 is 1.11 bits per heavy atom. The van der Waals surface area contributed by atoms with Crippen molar-refractivity contribution in [3.63, 3.8) is 0 Å². The number of ether oxygens (including phenoxy) is 2. The first-order valence-electron chi connectivity index (χ1n) is 7.14. The Bertz CT molecular complexity index is 333. The van der Waals surface area contributed by atoms with Crippen LogP contribution in [-0.2, 0) is 11.2 Å². The van der Waals surface area contributed by atoms with Crippen LogP contribution in [0.2, 0.25) is 0 Å². The number of methoxy groups -OCH3 is 2. The highest BCUT2D eigenvalue weighted by Gasteiger charge is 2.18. The van der Waals surface area contributed by atoms with E-state index < -0.39 is 0 Å². The van der Waals surface area contributed by atoms with Crippen LogP contribution in [0.4, 0.5) is 0 Å². The van der Waals surface area contributed by atoms with Crippen molar-refractivity contribution in [2.45, 2.75) is 45.3 Å². The van der Waals surface area contributed by atoms with Gasteiger partial charge in [0.25, 0.3) is 0 Å². The molecule has 0 saturated heterocycles. The number of likely N-dealkylation sites (N-methyl/N-ethyl adjacent to an activating group) is 1. The van der Waals surface area contributed by atoms with Gasteiger partial charge in [-0.1, -0.05) is 26.0 Å². The van der Waals surface area contributed by atoms with Gasteiger partial charge >= 0.3 is 0 Å². The van der Waals surface area contributed by atoms with Crippen molar-refractivity contribution in [3.8, 4) is 5.75 Å². The number of nitrogens with one attached hydrogen (secondary N) is 1. The van der Waals surface area contributed by atoms with Gasteiger partial charge < -0.3 is 14.8 Å². The summed E-state index contributed by atoms with van der Waals surface area (Å²) in [4.78, 5) is 0. The molecule has 2 unspecified atom stereocenters. The third kappa shape index (κ3) is 5.21. The molecule has 1 N–H and O–H groups in total. The van der Waals surface area contributed by atoms with Crippen LogP contribution >= 0.6 is 0 Å². The lowest BCUT2D eigenvalue weighted by Crippen LogP contribution is -2.40. The average molecular weight is 265 g/mol. The maximum Gasteiger partial charge on any atom is 0.118 e. The van der Waals surface area contributed by atoms with E-state index in [1.54, 1.807) is 14.2 Å². The molecule has 1 aromatic carbocycles. The van der Waals surface area contributed by atoms with Gasteiger partial charge in [-0.25, -0.2) is 0 Å². The van der Waals surface area contributed by atoms with Gasteiger partial charge in [0.15, 0.2) is 0 Å². The molecule has 0 aliphatic rings. The monoisotopic (exact) mass is 265 g/mol. The summed E-state index contributed by atoms with van der Waals surface area (Å²) in [5, 5.41) is 3.53. The van der Waals surface area contributed by atoms with Gasteiger partial charge in [-0.15, -0.1) is 0 Å². The third-order valence-corrected chi connectivity index (χ3v) is 3.52. The second-order valence-electron chi connectivity index (χ2n) is 4.73. The maximum atomic E-state index is 5.56. The summed E-state index contributed by atoms with van der Waals surface area (Å²) >= 11 is 0. The summed E-state index contributed by atoms with van der Waals surface area (Å²) in [5.41, 5.74) is 1.34. The van der Waals surface area contributed by atoms with Crippen molar-refractivity contribution in [2.75, 3.05) is 20.8 Å². The molecule has 3 nitrogen and oxygen atoms in total. The predicted octanol–water partition coefficient (Wildman–Crippen LogP) is 3.03. The van der Waals surface area contributed by atoms with Crippen molar-refractivity contribution in [3.05, 3.63) is 29.8 Å². The lowest BCUT2D eigenvalue weighted by Gasteiger charge is -2.26. The van der Waals surface area contributed by atoms with E-state index in [-0.39, 0.29) is 6.10 Å². The zero-order valence-electron chi connectivity index (χ0n) is 12.6. The standard InChI is InChI=1S/C16H27NO2/c1-5-16(19-4)15(17-6-2)12-9-13-7-10-14(18-3)11-8-13/h7-8,10-11,15-17H,5-6,9,12H2,1-4H3. The molecular weight excluding hydrogens is 238 g/mol. The first-order valence-corrected chi connectivity index (χ1v) is 7.14. The summed E-state index contributed by atoms with van der Waals surface area (Å²) in [6, 6.07) is 8.73. The fourth-order valence-corrected chi connectivity index (χ4v) is 2.41. The quantitative estimate of drug-likeness (QED) is 0.744. The van der Waals surface area contributed by atoms with Crippen molar-refractivity contribution >= 4 is 0 Å². The molecule has 0 spiro atoms. The first-order chi connectivity index (χ1) is 9.24. The first kappa shape index (κ1) is 16.0. The Kier molecular flexibility index (Phi) is 7.53. The van der Waals surface area contributed by atoms with E-state index in [9.17, 15) is 0 Å². The third-order valence-electron chi connectivity index (χ3n) is 3.52. The topological polar surface area (TPSA) is 30.5 Å². The maximum absolute atomic E-state index is 5.56. The predicted molar refractivity (Wildman–Crippen MR) is 79.9 cm³/mol. The molecule has 0 aliphatic heterocycles. The molecule has 108 valence electrons. The van der Waals surface area contributed by atoms with Crippen LogP contribution in [0, 0.1) is 0 Å². The van der Waals surface area contributed by atoms with E-state index in [0.717, 1.165) is 31.6 Å². The number of rotatable bonds is 9. The Morgan fingerprint density at radius 3 is 2.26 bits per heavy atom. The van der Waals surface area contributed by atoms with Crippen LogP contribution in [0.3, 0.4) is 0 Å². The van der Waals surface area contributed by atoms with E-state index in [0.29, 0.717) is 6.04 Å². The molecule has 0 radical (unpaired) electrons. The molecule has 2 atom stereocenters. The van der Waals surface area contributed by atoms with Gasteiger partial charge in [-0.05, 0) is 43.5 Å². The number of benzene rings is 1. The van der Waals surface area contributed by atoms with Crippen molar-refractivity contribution < 1.29 is 9.47 Å². The minimum absolute atomic E-state index is 0.290. The molecule has 3 heteroatoms. The molecule has 0 aliphatic carbocycles. The smallest absolute Gasteiger partial charge is 0.118 e. The molecule has 19 heavy (non-hydrogen) atoms. The average Bonchev–Trinajstić information content (AvgIpc) is 2.46. The Morgan fingerprint density at radius 2 is 1.79 bits per heavy atom. The van der Waals surface area contributed by atoms with Gasteiger partial charge in [0.2, 0.25) is 0 Å². The highest BCUT2D eigenvalue weighted by Crippen LogP contribution is 2.15. The van der Waals surface area contributed by atoms with Gasteiger partial charge in [-0.2, -0.15) is 0 Å². The lowest BCUT2D eigenvalue weighted by molar-refractivity contribution is 0.0631. The zero-order valence-corrected chi connectivity index (χ0v) is 12.6. The summed E-state index contributed by atoms with van der Waals surface area (Å²) in [7, 11) is 3.49. The van der Waals surface area contributed by atoms with Crippen LogP contribution in [0.25, 0.3) is 0 Å². The fraction of sp³-hybridized carbons (Fsp3) is 0.625. The van der Waals surface area contributed by atoms with E-state index in [2.05, 4.69) is 31.3 Å². The van der Waals surface area contributed by atoms with Gasteiger partial charge in [0.1, 0.15) is 5.75 Å². The Balaban J connectivity index is 2.54. The molecule has 1 aromatic rings. The van der Waals surface area contributed by atoms with Gasteiger partial charge in [-0.3, -0.25) is 0 Å². The van der Waals surface area contributed by atoms with Gasteiger partial charge in [0, 0.05) is 13.2 Å². The van der Waals surface area contributed by atoms with Crippen LogP contribution < -0.4 is 10.1 Å². The summed E-state index contributed by atoms with van der Waals surface area (Å²) < 4.78 is 10.7.